The van der Waals surface area contributed by atoms with Crippen LogP contribution in [0, 0.1) is 0 Å². The van der Waals surface area contributed by atoms with Gasteiger partial charge < -0.3 is 10.8 Å². The van der Waals surface area contributed by atoms with Gasteiger partial charge >= 0.3 is 5.97 Å². The van der Waals surface area contributed by atoms with Gasteiger partial charge in [0.05, 0.1) is 11.4 Å². The minimum absolute atomic E-state index is 0.0116. The Kier molecular flexibility index (Phi) is 4.28. The molecule has 0 aliphatic carbocycles. The Morgan fingerprint density at radius 2 is 1.95 bits per heavy atom. The maximum Gasteiger partial charge on any atom is 0.340 e. The van der Waals surface area contributed by atoms with E-state index in [-0.39, 0.29) is 10.7 Å². The van der Waals surface area contributed by atoms with Crippen LogP contribution in [-0.4, -0.2) is 26.8 Å². The van der Waals surface area contributed by atoms with Crippen LogP contribution in [0.15, 0.2) is 24.3 Å². The average Bonchev–Trinajstić information content (AvgIpc) is 2.76. The number of amides is 1. The zero-order chi connectivity index (χ0) is 15.6. The van der Waals surface area contributed by atoms with Crippen molar-refractivity contribution >= 4 is 23.5 Å². The summed E-state index contributed by atoms with van der Waals surface area (Å²) in [7, 11) is 0. The maximum absolute atomic E-state index is 11.3. The lowest BCUT2D eigenvalue weighted by Crippen LogP contribution is -2.10. The van der Waals surface area contributed by atoms with Gasteiger partial charge in [0.1, 0.15) is 10.7 Å². The largest absolute Gasteiger partial charge is 0.478 e. The van der Waals surface area contributed by atoms with Gasteiger partial charge in [0.15, 0.2) is 0 Å². The van der Waals surface area contributed by atoms with Crippen molar-refractivity contribution in [1.82, 2.24) is 9.78 Å². The van der Waals surface area contributed by atoms with Crippen LogP contribution in [0.1, 0.15) is 39.8 Å². The summed E-state index contributed by atoms with van der Waals surface area (Å²) < 4.78 is 1.35. The second-order valence-corrected chi connectivity index (χ2v) is 4.85. The number of nitrogens with two attached hydrogens (primary N) is 1. The van der Waals surface area contributed by atoms with Crippen LogP contribution in [0.3, 0.4) is 0 Å². The first-order chi connectivity index (χ1) is 9.95. The van der Waals surface area contributed by atoms with E-state index in [4.69, 9.17) is 17.3 Å². The number of aromatic carboxylic acids is 1. The fourth-order valence-corrected chi connectivity index (χ4v) is 2.33. The summed E-state index contributed by atoms with van der Waals surface area (Å²) in [4.78, 5) is 22.4. The zero-order valence-electron chi connectivity index (χ0n) is 11.3. The van der Waals surface area contributed by atoms with Crippen LogP contribution >= 0.6 is 11.6 Å². The third-order valence-electron chi connectivity index (χ3n) is 3.00. The first-order valence-corrected chi connectivity index (χ1v) is 6.74. The van der Waals surface area contributed by atoms with Gasteiger partial charge in [0.25, 0.3) is 0 Å². The van der Waals surface area contributed by atoms with Crippen molar-refractivity contribution in [3.63, 3.8) is 0 Å². The molecule has 1 aromatic carbocycles. The molecule has 0 aliphatic heterocycles. The normalized spacial score (nSPS) is 10.6. The molecule has 110 valence electrons. The number of halogens is 1. The average molecular weight is 308 g/mol. The first-order valence-electron chi connectivity index (χ1n) is 6.36. The topological polar surface area (TPSA) is 98.2 Å². The Hall–Kier alpha value is -2.34. The van der Waals surface area contributed by atoms with E-state index in [1.165, 1.54) is 16.8 Å². The van der Waals surface area contributed by atoms with Gasteiger partial charge in [-0.25, -0.2) is 9.48 Å². The van der Waals surface area contributed by atoms with E-state index in [0.717, 1.165) is 6.42 Å². The Morgan fingerprint density at radius 1 is 1.33 bits per heavy atom. The molecule has 3 N–H and O–H groups in total. The zero-order valence-corrected chi connectivity index (χ0v) is 12.1. The van der Waals surface area contributed by atoms with Gasteiger partial charge in [-0.2, -0.15) is 5.10 Å². The molecule has 21 heavy (non-hydrogen) atoms. The van der Waals surface area contributed by atoms with Gasteiger partial charge in [-0.15, -0.1) is 0 Å². The maximum atomic E-state index is 11.3. The molecule has 1 amide bonds. The number of hydrogen-bond acceptors (Lipinski definition) is 3. The molecule has 1 heterocycles. The van der Waals surface area contributed by atoms with Crippen molar-refractivity contribution in [3.05, 3.63) is 46.2 Å². The molecular formula is C14H14ClN3O3. The van der Waals surface area contributed by atoms with E-state index in [2.05, 4.69) is 5.10 Å². The van der Waals surface area contributed by atoms with Crippen molar-refractivity contribution in [2.24, 2.45) is 5.73 Å². The SMILES string of the molecule is CCCc1nn(-c2ccc(C(N)=O)cc2)c(Cl)c1C(=O)O. The Morgan fingerprint density at radius 3 is 2.43 bits per heavy atom. The second-order valence-electron chi connectivity index (χ2n) is 4.49. The molecule has 6 nitrogen and oxygen atoms in total. The van der Waals surface area contributed by atoms with E-state index < -0.39 is 11.9 Å². The third-order valence-corrected chi connectivity index (χ3v) is 3.35. The Bertz CT molecular complexity index is 692. The molecule has 2 aromatic rings. The van der Waals surface area contributed by atoms with Crippen LogP contribution in [-0.2, 0) is 6.42 Å². The number of aryl methyl sites for hydroxylation is 1. The number of benzene rings is 1. The van der Waals surface area contributed by atoms with Crippen LogP contribution < -0.4 is 5.73 Å². The lowest BCUT2D eigenvalue weighted by molar-refractivity contribution is 0.0695. The summed E-state index contributed by atoms with van der Waals surface area (Å²) in [6, 6.07) is 6.30. The lowest BCUT2D eigenvalue weighted by Gasteiger charge is -2.03. The van der Waals surface area contributed by atoms with Gasteiger partial charge in [-0.1, -0.05) is 24.9 Å². The van der Waals surface area contributed by atoms with Gasteiger partial charge in [0.2, 0.25) is 5.91 Å². The summed E-state index contributed by atoms with van der Waals surface area (Å²) >= 11 is 6.13. The molecule has 0 unspecified atom stereocenters. The van der Waals surface area contributed by atoms with Crippen LogP contribution in [0.4, 0.5) is 0 Å². The number of hydrogen-bond donors (Lipinski definition) is 2. The number of carbonyl (C=O) groups excluding carboxylic acids is 1. The summed E-state index contributed by atoms with van der Waals surface area (Å²) in [5.74, 6) is -1.64. The van der Waals surface area contributed by atoms with E-state index in [1.807, 2.05) is 6.92 Å². The molecule has 0 radical (unpaired) electrons. The quantitative estimate of drug-likeness (QED) is 0.885. The molecule has 0 saturated carbocycles. The molecular weight excluding hydrogens is 294 g/mol. The van der Waals surface area contributed by atoms with Crippen molar-refractivity contribution in [2.75, 3.05) is 0 Å². The van der Waals surface area contributed by atoms with E-state index in [0.29, 0.717) is 23.4 Å². The highest BCUT2D eigenvalue weighted by atomic mass is 35.5. The predicted octanol–water partition coefficient (Wildman–Crippen LogP) is 2.28. The molecule has 0 bridgehead atoms. The van der Waals surface area contributed by atoms with E-state index >= 15 is 0 Å². The predicted molar refractivity (Wildman–Crippen MR) is 78.0 cm³/mol. The summed E-state index contributed by atoms with van der Waals surface area (Å²) in [5, 5.41) is 13.5. The molecule has 0 fully saturated rings. The summed E-state index contributed by atoms with van der Waals surface area (Å²) in [6.45, 7) is 1.93. The molecule has 0 atom stereocenters. The highest BCUT2D eigenvalue weighted by Gasteiger charge is 2.22. The molecule has 0 aliphatic rings. The number of carboxylic acids is 1. The number of carbonyl (C=O) groups is 2. The van der Waals surface area contributed by atoms with Gasteiger partial charge in [-0.3, -0.25) is 4.79 Å². The van der Waals surface area contributed by atoms with Crippen molar-refractivity contribution < 1.29 is 14.7 Å². The number of carboxylic acid groups (broad SMARTS) is 1. The Labute approximate surface area is 126 Å². The van der Waals surface area contributed by atoms with E-state index in [1.54, 1.807) is 12.1 Å². The number of aromatic nitrogens is 2. The number of primary amides is 1. The van der Waals surface area contributed by atoms with Crippen molar-refractivity contribution in [2.45, 2.75) is 19.8 Å². The fraction of sp³-hybridized carbons (Fsp3) is 0.214. The minimum Gasteiger partial charge on any atom is -0.478 e. The summed E-state index contributed by atoms with van der Waals surface area (Å²) in [5.41, 5.74) is 6.55. The van der Waals surface area contributed by atoms with Crippen LogP contribution in [0.5, 0.6) is 0 Å². The van der Waals surface area contributed by atoms with Crippen LogP contribution in [0.2, 0.25) is 5.15 Å². The molecule has 2 rings (SSSR count). The first kappa shape index (κ1) is 15.1. The van der Waals surface area contributed by atoms with Crippen molar-refractivity contribution in [1.29, 1.82) is 0 Å². The Balaban J connectivity index is 2.51. The highest BCUT2D eigenvalue weighted by molar-refractivity contribution is 6.33. The molecule has 0 spiro atoms. The lowest BCUT2D eigenvalue weighted by atomic mass is 10.1. The standard InChI is InChI=1S/C14H14ClN3O3/c1-2-3-10-11(14(20)21)12(15)18(17-10)9-6-4-8(5-7-9)13(16)19/h4-7H,2-3H2,1H3,(H2,16,19)(H,20,21). The molecule has 1 aromatic heterocycles. The van der Waals surface area contributed by atoms with Gasteiger partial charge in [-0.05, 0) is 30.7 Å². The van der Waals surface area contributed by atoms with Crippen molar-refractivity contribution in [3.8, 4) is 5.69 Å². The number of rotatable bonds is 5. The van der Waals surface area contributed by atoms with E-state index in [9.17, 15) is 14.7 Å². The molecule has 0 saturated heterocycles. The fourth-order valence-electron chi connectivity index (χ4n) is 2.00. The minimum atomic E-state index is -1.11. The van der Waals surface area contributed by atoms with Crippen LogP contribution in [0.25, 0.3) is 5.69 Å². The monoisotopic (exact) mass is 307 g/mol. The second kappa shape index (κ2) is 5.97. The number of nitrogens with zero attached hydrogens (tertiary/aromatic N) is 2. The third kappa shape index (κ3) is 2.90. The van der Waals surface area contributed by atoms with Gasteiger partial charge in [0, 0.05) is 5.56 Å². The highest BCUT2D eigenvalue weighted by Crippen LogP contribution is 2.25. The summed E-state index contributed by atoms with van der Waals surface area (Å²) in [6.07, 6.45) is 1.28. The molecule has 7 heteroatoms. The smallest absolute Gasteiger partial charge is 0.340 e.